The fourth-order valence-corrected chi connectivity index (χ4v) is 4.09. The zero-order chi connectivity index (χ0) is 19.8. The summed E-state index contributed by atoms with van der Waals surface area (Å²) in [6, 6.07) is 9.65. The van der Waals surface area contributed by atoms with Gasteiger partial charge in [-0.05, 0) is 31.2 Å². The molecule has 2 aliphatic heterocycles. The van der Waals surface area contributed by atoms with Crippen LogP contribution < -0.4 is 15.8 Å². The molecule has 1 aromatic carbocycles. The van der Waals surface area contributed by atoms with E-state index in [4.69, 9.17) is 0 Å². The lowest BCUT2D eigenvalue weighted by Crippen LogP contribution is -2.40. The van der Waals surface area contributed by atoms with Gasteiger partial charge >= 0.3 is 0 Å². The zero-order valence-corrected chi connectivity index (χ0v) is 16.0. The number of rotatable bonds is 2. The van der Waals surface area contributed by atoms with E-state index in [-0.39, 0.29) is 11.4 Å². The zero-order valence-electron chi connectivity index (χ0n) is 16.0. The van der Waals surface area contributed by atoms with Gasteiger partial charge in [0.05, 0.1) is 11.6 Å². The van der Waals surface area contributed by atoms with Crippen molar-refractivity contribution in [1.29, 1.82) is 5.26 Å². The second-order valence-electron chi connectivity index (χ2n) is 7.81. The number of nitriles is 1. The molecule has 7 nitrogen and oxygen atoms in total. The first kappa shape index (κ1) is 18.2. The van der Waals surface area contributed by atoms with Crippen molar-refractivity contribution in [2.24, 2.45) is 11.8 Å². The highest BCUT2D eigenvalue weighted by Gasteiger charge is 2.40. The summed E-state index contributed by atoms with van der Waals surface area (Å²) in [6.45, 7) is 5.80. The van der Waals surface area contributed by atoms with Crippen LogP contribution in [0.3, 0.4) is 0 Å². The van der Waals surface area contributed by atoms with Gasteiger partial charge in [-0.1, -0.05) is 36.8 Å². The van der Waals surface area contributed by atoms with Crippen molar-refractivity contribution in [1.82, 2.24) is 9.97 Å². The van der Waals surface area contributed by atoms with Crippen molar-refractivity contribution in [3.8, 4) is 6.07 Å². The van der Waals surface area contributed by atoms with Crippen LogP contribution in [0.1, 0.15) is 42.4 Å². The third kappa shape index (κ3) is 3.15. The van der Waals surface area contributed by atoms with E-state index < -0.39 is 17.7 Å². The Balaban J connectivity index is 1.81. The highest BCUT2D eigenvalue weighted by Crippen LogP contribution is 2.38. The summed E-state index contributed by atoms with van der Waals surface area (Å²) in [7, 11) is 0. The predicted octanol–water partition coefficient (Wildman–Crippen LogP) is 2.54. The van der Waals surface area contributed by atoms with Crippen molar-refractivity contribution < 1.29 is 4.79 Å². The van der Waals surface area contributed by atoms with Crippen molar-refractivity contribution in [3.63, 3.8) is 0 Å². The number of benzene rings is 1. The van der Waals surface area contributed by atoms with Crippen LogP contribution in [0.2, 0.25) is 0 Å². The predicted molar refractivity (Wildman–Crippen MR) is 106 cm³/mol. The standard InChI is InChI=1S/C21H23N5O2/c1-12-6-8-26(9-7-12)21-24-18-17(20(28)25-21)16(15(11-22)19(27)23-18)14-5-3-4-13(2)10-14/h3-5,10,12,15-16H,6-9H2,1-2H3,(H2,23,24,25,27,28)/t15-,16+/m1/s1. The summed E-state index contributed by atoms with van der Waals surface area (Å²) in [5.41, 5.74) is 1.83. The number of carbonyl (C=O) groups excluding carboxylic acids is 1. The molecule has 7 heteroatoms. The molecule has 4 rings (SSSR count). The molecule has 2 N–H and O–H groups in total. The van der Waals surface area contributed by atoms with Gasteiger partial charge in [0, 0.05) is 19.0 Å². The number of nitrogens with one attached hydrogen (secondary N) is 2. The van der Waals surface area contributed by atoms with Gasteiger partial charge in [0.25, 0.3) is 5.56 Å². The molecule has 0 aliphatic carbocycles. The van der Waals surface area contributed by atoms with Crippen LogP contribution in [0, 0.1) is 30.1 Å². The molecule has 1 saturated heterocycles. The molecule has 2 aliphatic rings. The van der Waals surface area contributed by atoms with Crippen molar-refractivity contribution in [3.05, 3.63) is 51.3 Å². The molecule has 1 fully saturated rings. The lowest BCUT2D eigenvalue weighted by atomic mass is 9.79. The van der Waals surface area contributed by atoms with E-state index in [1.54, 1.807) is 0 Å². The molecule has 0 radical (unpaired) electrons. The smallest absolute Gasteiger partial charge is 0.258 e. The van der Waals surface area contributed by atoms with Crippen molar-refractivity contribution >= 4 is 17.7 Å². The molecular formula is C21H23N5O2. The summed E-state index contributed by atoms with van der Waals surface area (Å²) in [6.07, 6.45) is 2.07. The average molecular weight is 377 g/mol. The van der Waals surface area contributed by atoms with Gasteiger partial charge in [-0.3, -0.25) is 14.6 Å². The largest absolute Gasteiger partial charge is 0.342 e. The maximum Gasteiger partial charge on any atom is 0.258 e. The molecular weight excluding hydrogens is 354 g/mol. The summed E-state index contributed by atoms with van der Waals surface area (Å²) in [5.74, 6) is -0.630. The highest BCUT2D eigenvalue weighted by atomic mass is 16.2. The first-order valence-electron chi connectivity index (χ1n) is 9.64. The van der Waals surface area contributed by atoms with Crippen LogP contribution in [-0.2, 0) is 4.79 Å². The van der Waals surface area contributed by atoms with Crippen LogP contribution in [0.15, 0.2) is 29.1 Å². The van der Waals surface area contributed by atoms with Gasteiger partial charge < -0.3 is 10.2 Å². The fraction of sp³-hybridized carbons (Fsp3) is 0.429. The lowest BCUT2D eigenvalue weighted by molar-refractivity contribution is -0.119. The van der Waals surface area contributed by atoms with E-state index in [2.05, 4.69) is 28.3 Å². The van der Waals surface area contributed by atoms with Gasteiger partial charge in [-0.25, -0.2) is 0 Å². The molecule has 1 amide bonds. The van der Waals surface area contributed by atoms with E-state index in [0.29, 0.717) is 17.4 Å². The Hall–Kier alpha value is -3.14. The Labute approximate surface area is 163 Å². The third-order valence-corrected chi connectivity index (χ3v) is 5.73. The number of amides is 1. The number of anilines is 2. The van der Waals surface area contributed by atoms with Crippen molar-refractivity contribution in [2.75, 3.05) is 23.3 Å². The average Bonchev–Trinajstić information content (AvgIpc) is 2.67. The molecule has 1 aromatic heterocycles. The minimum atomic E-state index is -0.973. The minimum Gasteiger partial charge on any atom is -0.342 e. The molecule has 0 bridgehead atoms. The van der Waals surface area contributed by atoms with Crippen LogP contribution in [0.4, 0.5) is 11.8 Å². The molecule has 2 atom stereocenters. The van der Waals surface area contributed by atoms with E-state index in [9.17, 15) is 14.9 Å². The lowest BCUT2D eigenvalue weighted by Gasteiger charge is -2.33. The van der Waals surface area contributed by atoms with Gasteiger partial charge in [0.15, 0.2) is 0 Å². The molecule has 0 unspecified atom stereocenters. The van der Waals surface area contributed by atoms with Gasteiger partial charge in [0.2, 0.25) is 11.9 Å². The van der Waals surface area contributed by atoms with E-state index in [0.717, 1.165) is 37.1 Å². The summed E-state index contributed by atoms with van der Waals surface area (Å²) in [5, 5.41) is 12.3. The number of hydrogen-bond acceptors (Lipinski definition) is 5. The number of piperidine rings is 1. The van der Waals surface area contributed by atoms with Crippen LogP contribution in [0.25, 0.3) is 0 Å². The first-order valence-corrected chi connectivity index (χ1v) is 9.64. The van der Waals surface area contributed by atoms with Crippen LogP contribution in [0.5, 0.6) is 0 Å². The Morgan fingerprint density at radius 1 is 1.25 bits per heavy atom. The maximum atomic E-state index is 13.0. The SMILES string of the molecule is Cc1cccc([C@@H]2c3c(nc(N4CCC(C)CC4)[nH]c3=O)NC(=O)[C@@H]2C#N)c1. The Bertz CT molecular complexity index is 1010. The van der Waals surface area contributed by atoms with E-state index >= 15 is 0 Å². The summed E-state index contributed by atoms with van der Waals surface area (Å²) in [4.78, 5) is 35.2. The number of fused-ring (bicyclic) bond motifs is 1. The first-order chi connectivity index (χ1) is 13.5. The minimum absolute atomic E-state index is 0.264. The monoisotopic (exact) mass is 377 g/mol. The van der Waals surface area contributed by atoms with E-state index in [1.165, 1.54) is 0 Å². The molecule has 0 saturated carbocycles. The molecule has 28 heavy (non-hydrogen) atoms. The molecule has 0 spiro atoms. The van der Waals surface area contributed by atoms with Crippen molar-refractivity contribution in [2.45, 2.75) is 32.6 Å². The van der Waals surface area contributed by atoms with Gasteiger partial charge in [-0.15, -0.1) is 0 Å². The quantitative estimate of drug-likeness (QED) is 0.837. The second kappa shape index (κ2) is 7.12. The fourth-order valence-electron chi connectivity index (χ4n) is 4.09. The Morgan fingerprint density at radius 3 is 2.68 bits per heavy atom. The second-order valence-corrected chi connectivity index (χ2v) is 7.81. The molecule has 144 valence electrons. The number of carbonyl (C=O) groups is 1. The Kier molecular flexibility index (Phi) is 4.63. The Morgan fingerprint density at radius 2 is 2.00 bits per heavy atom. The highest BCUT2D eigenvalue weighted by molar-refractivity contribution is 5.98. The number of nitrogens with zero attached hydrogens (tertiary/aromatic N) is 3. The number of aromatic amines is 1. The van der Waals surface area contributed by atoms with Crippen LogP contribution in [-0.4, -0.2) is 29.0 Å². The van der Waals surface area contributed by atoms with E-state index in [1.807, 2.05) is 36.1 Å². The maximum absolute atomic E-state index is 13.0. The molecule has 2 aromatic rings. The summed E-state index contributed by atoms with van der Waals surface area (Å²) >= 11 is 0. The third-order valence-electron chi connectivity index (χ3n) is 5.73. The number of aromatic nitrogens is 2. The number of H-pyrrole nitrogens is 1. The molecule has 3 heterocycles. The number of aryl methyl sites for hydroxylation is 1. The normalized spacial score (nSPS) is 22.3. The van der Waals surface area contributed by atoms with Gasteiger partial charge in [0.1, 0.15) is 11.7 Å². The van der Waals surface area contributed by atoms with Gasteiger partial charge in [-0.2, -0.15) is 10.2 Å². The number of hydrogen-bond donors (Lipinski definition) is 2. The van der Waals surface area contributed by atoms with Crippen LogP contribution >= 0.6 is 0 Å². The topological polar surface area (TPSA) is 102 Å². The summed E-state index contributed by atoms with van der Waals surface area (Å²) < 4.78 is 0.